The van der Waals surface area contributed by atoms with Gasteiger partial charge in [-0.05, 0) is 44.0 Å². The number of pyridine rings is 1. The number of amides is 1. The Morgan fingerprint density at radius 1 is 1.26 bits per heavy atom. The Bertz CT molecular complexity index is 1030. The molecule has 2 heterocycles. The van der Waals surface area contributed by atoms with Crippen molar-refractivity contribution in [2.75, 3.05) is 23.3 Å². The highest BCUT2D eigenvalue weighted by molar-refractivity contribution is 6.31. The standard InChI is InChI=1S/C21H24ClF2N5O2/c1-12-4-5-14(10-15(12)18(25)28-31)27-20(30)16-11-17(22)13(2)26-19(16)29-8-3-6-21(23,24)7-9-29/h4-5,10-11,31H,3,6-9H2,1-2H3,(H2,25,28)(H,27,30). The Kier molecular flexibility index (Phi) is 6.64. The minimum Gasteiger partial charge on any atom is -0.409 e. The maximum Gasteiger partial charge on any atom is 0.259 e. The van der Waals surface area contributed by atoms with Gasteiger partial charge in [0, 0.05) is 37.2 Å². The summed E-state index contributed by atoms with van der Waals surface area (Å²) in [6.07, 6.45) is -0.214. The Morgan fingerprint density at radius 3 is 2.71 bits per heavy atom. The molecule has 1 aliphatic rings. The number of nitrogens with two attached hydrogens (primary N) is 1. The molecule has 10 heteroatoms. The minimum absolute atomic E-state index is 0.0829. The van der Waals surface area contributed by atoms with Crippen molar-refractivity contribution < 1.29 is 18.8 Å². The minimum atomic E-state index is -2.73. The quantitative estimate of drug-likeness (QED) is 0.278. The molecule has 0 bridgehead atoms. The van der Waals surface area contributed by atoms with Gasteiger partial charge in [-0.15, -0.1) is 0 Å². The first-order valence-corrected chi connectivity index (χ1v) is 10.2. The first-order chi connectivity index (χ1) is 14.6. The number of nitrogens with zero attached hydrogens (tertiary/aromatic N) is 3. The summed E-state index contributed by atoms with van der Waals surface area (Å²) < 4.78 is 27.6. The van der Waals surface area contributed by atoms with E-state index in [1.54, 1.807) is 36.9 Å². The summed E-state index contributed by atoms with van der Waals surface area (Å²) in [5, 5.41) is 15.0. The van der Waals surface area contributed by atoms with Crippen molar-refractivity contribution in [3.05, 3.63) is 51.7 Å². The first-order valence-electron chi connectivity index (χ1n) is 9.81. The fraction of sp³-hybridized carbons (Fsp3) is 0.381. The summed E-state index contributed by atoms with van der Waals surface area (Å²) >= 11 is 6.21. The van der Waals surface area contributed by atoms with Crippen LogP contribution >= 0.6 is 11.6 Å². The number of rotatable bonds is 4. The summed E-state index contributed by atoms with van der Waals surface area (Å²) in [6.45, 7) is 3.93. The number of amidine groups is 1. The van der Waals surface area contributed by atoms with Gasteiger partial charge in [0.25, 0.3) is 5.91 Å². The third-order valence-electron chi connectivity index (χ3n) is 5.27. The fourth-order valence-corrected chi connectivity index (χ4v) is 3.63. The van der Waals surface area contributed by atoms with E-state index in [2.05, 4.69) is 15.5 Å². The van der Waals surface area contributed by atoms with Crippen molar-refractivity contribution >= 4 is 34.8 Å². The molecule has 1 amide bonds. The average molecular weight is 452 g/mol. The molecule has 0 aliphatic carbocycles. The monoisotopic (exact) mass is 451 g/mol. The number of benzene rings is 1. The van der Waals surface area contributed by atoms with Crippen LogP contribution in [0.3, 0.4) is 0 Å². The van der Waals surface area contributed by atoms with E-state index in [1.807, 2.05) is 0 Å². The van der Waals surface area contributed by atoms with Crippen LogP contribution in [0.5, 0.6) is 0 Å². The third-order valence-corrected chi connectivity index (χ3v) is 5.66. The second-order valence-corrected chi connectivity index (χ2v) is 8.00. The highest BCUT2D eigenvalue weighted by atomic mass is 35.5. The molecule has 0 unspecified atom stereocenters. The fourth-order valence-electron chi connectivity index (χ4n) is 3.48. The van der Waals surface area contributed by atoms with Gasteiger partial charge in [-0.3, -0.25) is 4.79 Å². The van der Waals surface area contributed by atoms with E-state index in [-0.39, 0.29) is 30.8 Å². The van der Waals surface area contributed by atoms with Gasteiger partial charge >= 0.3 is 0 Å². The Morgan fingerprint density at radius 2 is 2.00 bits per heavy atom. The number of oxime groups is 1. The SMILES string of the molecule is Cc1ccc(NC(=O)c2cc(Cl)c(C)nc2N2CCCC(F)(F)CC2)cc1C(N)=NO. The molecule has 0 saturated carbocycles. The van der Waals surface area contributed by atoms with Gasteiger partial charge in [-0.25, -0.2) is 13.8 Å². The van der Waals surface area contributed by atoms with Gasteiger partial charge in [0.15, 0.2) is 5.84 Å². The number of carbonyl (C=O) groups excluding carboxylic acids is 1. The lowest BCUT2D eigenvalue weighted by Crippen LogP contribution is -2.29. The molecule has 1 aromatic carbocycles. The number of halogens is 3. The van der Waals surface area contributed by atoms with Crippen molar-refractivity contribution in [2.45, 2.75) is 39.0 Å². The van der Waals surface area contributed by atoms with Crippen LogP contribution < -0.4 is 16.0 Å². The summed E-state index contributed by atoms with van der Waals surface area (Å²) in [4.78, 5) is 19.2. The highest BCUT2D eigenvalue weighted by Gasteiger charge is 2.33. The van der Waals surface area contributed by atoms with Gasteiger partial charge < -0.3 is 21.2 Å². The molecule has 0 spiro atoms. The Hall–Kier alpha value is -2.94. The number of aryl methyl sites for hydroxylation is 2. The van der Waals surface area contributed by atoms with Crippen molar-refractivity contribution in [1.82, 2.24) is 4.98 Å². The summed E-state index contributed by atoms with van der Waals surface area (Å²) in [7, 11) is 0. The summed E-state index contributed by atoms with van der Waals surface area (Å²) in [5.41, 5.74) is 8.04. The number of aromatic nitrogens is 1. The van der Waals surface area contributed by atoms with Gasteiger partial charge in [-0.2, -0.15) is 0 Å². The molecule has 2 aromatic rings. The van der Waals surface area contributed by atoms with Crippen LogP contribution in [0.4, 0.5) is 20.3 Å². The van der Waals surface area contributed by atoms with Gasteiger partial charge in [0.1, 0.15) is 5.82 Å². The lowest BCUT2D eigenvalue weighted by Gasteiger charge is -2.25. The van der Waals surface area contributed by atoms with E-state index in [1.165, 1.54) is 6.07 Å². The molecular weight excluding hydrogens is 428 g/mol. The zero-order valence-corrected chi connectivity index (χ0v) is 18.0. The van der Waals surface area contributed by atoms with Crippen LogP contribution in [-0.2, 0) is 0 Å². The second-order valence-electron chi connectivity index (χ2n) is 7.59. The molecule has 166 valence electrons. The van der Waals surface area contributed by atoms with Gasteiger partial charge in [0.05, 0.1) is 16.3 Å². The molecule has 3 rings (SSSR count). The number of anilines is 2. The van der Waals surface area contributed by atoms with E-state index in [0.29, 0.717) is 40.8 Å². The van der Waals surface area contributed by atoms with Crippen LogP contribution in [-0.4, -0.2) is 40.9 Å². The predicted octanol–water partition coefficient (Wildman–Crippen LogP) is 4.32. The summed E-state index contributed by atoms with van der Waals surface area (Å²) in [6, 6.07) is 6.48. The van der Waals surface area contributed by atoms with E-state index in [0.717, 1.165) is 5.56 Å². The zero-order valence-electron chi connectivity index (χ0n) is 17.3. The third kappa shape index (κ3) is 5.22. The molecular formula is C21H24ClF2N5O2. The smallest absolute Gasteiger partial charge is 0.259 e. The van der Waals surface area contributed by atoms with E-state index in [9.17, 15) is 13.6 Å². The molecule has 1 saturated heterocycles. The van der Waals surface area contributed by atoms with Crippen LogP contribution in [0.1, 0.15) is 46.4 Å². The molecule has 31 heavy (non-hydrogen) atoms. The van der Waals surface area contributed by atoms with E-state index >= 15 is 0 Å². The predicted molar refractivity (Wildman–Crippen MR) is 117 cm³/mol. The van der Waals surface area contributed by atoms with Crippen LogP contribution in [0, 0.1) is 13.8 Å². The number of alkyl halides is 2. The number of nitrogens with one attached hydrogen (secondary N) is 1. The topological polar surface area (TPSA) is 104 Å². The van der Waals surface area contributed by atoms with Crippen LogP contribution in [0.25, 0.3) is 0 Å². The lowest BCUT2D eigenvalue weighted by molar-refractivity contribution is -0.0102. The van der Waals surface area contributed by atoms with Gasteiger partial charge in [-0.1, -0.05) is 22.8 Å². The number of carbonyl (C=O) groups is 1. The largest absolute Gasteiger partial charge is 0.409 e. The molecule has 1 fully saturated rings. The van der Waals surface area contributed by atoms with Crippen molar-refractivity contribution in [3.8, 4) is 0 Å². The van der Waals surface area contributed by atoms with Crippen molar-refractivity contribution in [3.63, 3.8) is 0 Å². The van der Waals surface area contributed by atoms with E-state index < -0.39 is 11.8 Å². The molecule has 1 aromatic heterocycles. The molecule has 7 nitrogen and oxygen atoms in total. The lowest BCUT2D eigenvalue weighted by atomic mass is 10.1. The average Bonchev–Trinajstić information content (AvgIpc) is 2.90. The molecule has 1 aliphatic heterocycles. The Balaban J connectivity index is 1.93. The number of hydrogen-bond donors (Lipinski definition) is 3. The maximum atomic E-state index is 13.8. The highest BCUT2D eigenvalue weighted by Crippen LogP contribution is 2.32. The number of hydrogen-bond acceptors (Lipinski definition) is 5. The maximum absolute atomic E-state index is 13.8. The molecule has 0 atom stereocenters. The van der Waals surface area contributed by atoms with Gasteiger partial charge in [0.2, 0.25) is 5.92 Å². The first kappa shape index (κ1) is 22.7. The van der Waals surface area contributed by atoms with Crippen molar-refractivity contribution in [2.24, 2.45) is 10.9 Å². The van der Waals surface area contributed by atoms with Crippen molar-refractivity contribution in [1.29, 1.82) is 0 Å². The summed E-state index contributed by atoms with van der Waals surface area (Å²) in [5.74, 6) is -2.99. The normalized spacial score (nSPS) is 16.7. The zero-order chi connectivity index (χ0) is 22.8. The second kappa shape index (κ2) is 9.05. The Labute approximate surface area is 183 Å². The molecule has 0 radical (unpaired) electrons. The van der Waals surface area contributed by atoms with E-state index in [4.69, 9.17) is 22.5 Å². The van der Waals surface area contributed by atoms with Crippen LogP contribution in [0.2, 0.25) is 5.02 Å². The van der Waals surface area contributed by atoms with Crippen LogP contribution in [0.15, 0.2) is 29.4 Å². The molecule has 4 N–H and O–H groups in total.